The third kappa shape index (κ3) is 3.36. The molecule has 1 amide bonds. The van der Waals surface area contributed by atoms with E-state index in [1.165, 1.54) is 29.3 Å². The van der Waals surface area contributed by atoms with E-state index in [2.05, 4.69) is 9.72 Å². The minimum absolute atomic E-state index is 0.257. The number of carbonyl (C=O) groups is 1. The molecule has 23 heavy (non-hydrogen) atoms. The van der Waals surface area contributed by atoms with E-state index < -0.39 is 12.5 Å². The Kier molecular flexibility index (Phi) is 3.81. The van der Waals surface area contributed by atoms with Crippen LogP contribution in [0.1, 0.15) is 0 Å². The molecule has 1 aliphatic rings. The summed E-state index contributed by atoms with van der Waals surface area (Å²) in [5.41, 5.74) is 0.703. The van der Waals surface area contributed by atoms with Crippen LogP contribution >= 0.6 is 0 Å². The molecular formula is C15H11F3N2O3. The summed E-state index contributed by atoms with van der Waals surface area (Å²) >= 11 is 0. The van der Waals surface area contributed by atoms with Gasteiger partial charge >= 0.3 is 12.5 Å². The lowest BCUT2D eigenvalue weighted by Crippen LogP contribution is -2.24. The molecule has 3 rings (SSSR count). The maximum Gasteiger partial charge on any atom is 0.573 e. The second-order valence-electron chi connectivity index (χ2n) is 4.72. The fourth-order valence-electron chi connectivity index (χ4n) is 2.23. The Bertz CT molecular complexity index is 717. The number of hydrogen-bond acceptors (Lipinski definition) is 4. The maximum atomic E-state index is 12.5. The number of ether oxygens (including phenoxy) is 2. The van der Waals surface area contributed by atoms with Gasteiger partial charge in [-0.05, 0) is 18.2 Å². The topological polar surface area (TPSA) is 51.7 Å². The number of hydrogen-bond donors (Lipinski definition) is 0. The molecule has 1 saturated heterocycles. The largest absolute Gasteiger partial charge is 0.573 e. The van der Waals surface area contributed by atoms with Gasteiger partial charge in [-0.2, -0.15) is 0 Å². The molecule has 0 radical (unpaired) electrons. The van der Waals surface area contributed by atoms with Crippen LogP contribution in [0.15, 0.2) is 42.6 Å². The lowest BCUT2D eigenvalue weighted by Gasteiger charge is -2.14. The summed E-state index contributed by atoms with van der Waals surface area (Å²) < 4.78 is 46.2. The number of anilines is 1. The average molecular weight is 324 g/mol. The standard InChI is InChI=1S/C15H11F3N2O3/c16-15(17,18)23-12-4-2-1-3-11(12)10-5-6-13(19-9-10)20-7-8-22-14(20)21/h1-6,9H,7-8H2. The first-order valence-corrected chi connectivity index (χ1v) is 6.69. The molecule has 8 heteroatoms. The highest BCUT2D eigenvalue weighted by atomic mass is 19.4. The van der Waals surface area contributed by atoms with E-state index in [4.69, 9.17) is 4.74 Å². The number of alkyl halides is 3. The molecule has 0 spiro atoms. The SMILES string of the molecule is O=C1OCCN1c1ccc(-c2ccccc2OC(F)(F)F)cn1. The fraction of sp³-hybridized carbons (Fsp3) is 0.200. The highest BCUT2D eigenvalue weighted by Crippen LogP contribution is 2.33. The lowest BCUT2D eigenvalue weighted by molar-refractivity contribution is -0.274. The van der Waals surface area contributed by atoms with Gasteiger partial charge in [-0.1, -0.05) is 18.2 Å². The van der Waals surface area contributed by atoms with Crippen molar-refractivity contribution in [1.82, 2.24) is 4.98 Å². The Morgan fingerprint density at radius 2 is 1.96 bits per heavy atom. The number of halogens is 3. The smallest absolute Gasteiger partial charge is 0.447 e. The van der Waals surface area contributed by atoms with Gasteiger partial charge in [0.15, 0.2) is 0 Å². The van der Waals surface area contributed by atoms with Crippen molar-refractivity contribution >= 4 is 11.9 Å². The molecule has 0 N–H and O–H groups in total. The molecular weight excluding hydrogens is 313 g/mol. The van der Waals surface area contributed by atoms with Crippen LogP contribution in [0.4, 0.5) is 23.8 Å². The number of pyridine rings is 1. The zero-order chi connectivity index (χ0) is 16.4. The van der Waals surface area contributed by atoms with Crippen LogP contribution in [-0.2, 0) is 4.74 Å². The molecule has 1 aliphatic heterocycles. The van der Waals surface area contributed by atoms with E-state index in [-0.39, 0.29) is 17.9 Å². The van der Waals surface area contributed by atoms with E-state index in [1.54, 1.807) is 18.2 Å². The Labute approximate surface area is 129 Å². The number of rotatable bonds is 3. The zero-order valence-corrected chi connectivity index (χ0v) is 11.7. The van der Waals surface area contributed by atoms with Crippen molar-refractivity contribution < 1.29 is 27.4 Å². The minimum atomic E-state index is -4.78. The van der Waals surface area contributed by atoms with Gasteiger partial charge in [0.1, 0.15) is 18.2 Å². The summed E-state index contributed by atoms with van der Waals surface area (Å²) in [6.07, 6.45) is -3.88. The number of amides is 1. The normalized spacial score (nSPS) is 14.7. The number of cyclic esters (lactones) is 1. The number of para-hydroxylation sites is 1. The molecule has 120 valence electrons. The van der Waals surface area contributed by atoms with Crippen LogP contribution in [0.2, 0.25) is 0 Å². The van der Waals surface area contributed by atoms with Crippen LogP contribution in [0.3, 0.4) is 0 Å². The van der Waals surface area contributed by atoms with Gasteiger partial charge in [-0.15, -0.1) is 13.2 Å². The predicted octanol–water partition coefficient (Wildman–Crippen LogP) is 3.60. The predicted molar refractivity (Wildman–Crippen MR) is 75.1 cm³/mol. The second kappa shape index (κ2) is 5.79. The number of aromatic nitrogens is 1. The van der Waals surface area contributed by atoms with Crippen molar-refractivity contribution in [2.75, 3.05) is 18.1 Å². The highest BCUT2D eigenvalue weighted by Gasteiger charge is 2.32. The second-order valence-corrected chi connectivity index (χ2v) is 4.72. The minimum Gasteiger partial charge on any atom is -0.447 e. The molecule has 1 aromatic carbocycles. The molecule has 2 heterocycles. The van der Waals surface area contributed by atoms with Crippen LogP contribution in [0.25, 0.3) is 11.1 Å². The molecule has 2 aromatic rings. The highest BCUT2D eigenvalue weighted by molar-refractivity contribution is 5.88. The molecule has 0 aliphatic carbocycles. The Morgan fingerprint density at radius 3 is 2.57 bits per heavy atom. The third-order valence-electron chi connectivity index (χ3n) is 3.21. The summed E-state index contributed by atoms with van der Waals surface area (Å²) in [5, 5.41) is 0. The zero-order valence-electron chi connectivity index (χ0n) is 11.7. The monoisotopic (exact) mass is 324 g/mol. The van der Waals surface area contributed by atoms with Crippen molar-refractivity contribution in [2.45, 2.75) is 6.36 Å². The van der Waals surface area contributed by atoms with Gasteiger partial charge in [0, 0.05) is 17.3 Å². The van der Waals surface area contributed by atoms with E-state index in [0.29, 0.717) is 17.9 Å². The fourth-order valence-corrected chi connectivity index (χ4v) is 2.23. The van der Waals surface area contributed by atoms with Crippen LogP contribution in [0.5, 0.6) is 5.75 Å². The molecule has 1 aromatic heterocycles. The first kappa shape index (κ1) is 15.1. The Balaban J connectivity index is 1.89. The first-order chi connectivity index (χ1) is 10.9. The average Bonchev–Trinajstić information content (AvgIpc) is 2.93. The van der Waals surface area contributed by atoms with Gasteiger partial charge in [0.2, 0.25) is 0 Å². The summed E-state index contributed by atoms with van der Waals surface area (Å²) in [6.45, 7) is 0.670. The van der Waals surface area contributed by atoms with Gasteiger partial charge in [-0.25, -0.2) is 9.78 Å². The van der Waals surface area contributed by atoms with Gasteiger partial charge < -0.3 is 9.47 Å². The Hall–Kier alpha value is -2.77. The van der Waals surface area contributed by atoms with Crippen LogP contribution < -0.4 is 9.64 Å². The summed E-state index contributed by atoms with van der Waals surface area (Å²) in [7, 11) is 0. The molecule has 0 unspecified atom stereocenters. The van der Waals surface area contributed by atoms with Crippen molar-refractivity contribution in [1.29, 1.82) is 0 Å². The van der Waals surface area contributed by atoms with Gasteiger partial charge in [-0.3, -0.25) is 4.90 Å². The van der Waals surface area contributed by atoms with Gasteiger partial charge in [0.25, 0.3) is 0 Å². The van der Waals surface area contributed by atoms with Gasteiger partial charge in [0.05, 0.1) is 6.54 Å². The Morgan fingerprint density at radius 1 is 1.17 bits per heavy atom. The maximum absolute atomic E-state index is 12.5. The lowest BCUT2D eigenvalue weighted by atomic mass is 10.1. The molecule has 0 atom stereocenters. The van der Waals surface area contributed by atoms with E-state index in [0.717, 1.165) is 0 Å². The molecule has 0 bridgehead atoms. The van der Waals surface area contributed by atoms with Crippen molar-refractivity contribution in [3.63, 3.8) is 0 Å². The van der Waals surface area contributed by atoms with Crippen LogP contribution in [-0.4, -0.2) is 30.6 Å². The molecule has 0 saturated carbocycles. The van der Waals surface area contributed by atoms with Crippen molar-refractivity contribution in [2.24, 2.45) is 0 Å². The van der Waals surface area contributed by atoms with E-state index >= 15 is 0 Å². The summed E-state index contributed by atoms with van der Waals surface area (Å²) in [5.74, 6) is 0.0700. The number of carbonyl (C=O) groups excluding carboxylic acids is 1. The summed E-state index contributed by atoms with van der Waals surface area (Å²) in [4.78, 5) is 16.9. The molecule has 5 nitrogen and oxygen atoms in total. The van der Waals surface area contributed by atoms with Crippen molar-refractivity contribution in [3.05, 3.63) is 42.6 Å². The van der Waals surface area contributed by atoms with E-state index in [9.17, 15) is 18.0 Å². The summed E-state index contributed by atoms with van der Waals surface area (Å²) in [6, 6.07) is 8.91. The van der Waals surface area contributed by atoms with Crippen LogP contribution in [0, 0.1) is 0 Å². The first-order valence-electron chi connectivity index (χ1n) is 6.69. The third-order valence-corrected chi connectivity index (χ3v) is 3.21. The van der Waals surface area contributed by atoms with E-state index in [1.807, 2.05) is 0 Å². The van der Waals surface area contributed by atoms with Crippen molar-refractivity contribution in [3.8, 4) is 16.9 Å². The quantitative estimate of drug-likeness (QED) is 0.865. The number of nitrogens with zero attached hydrogens (tertiary/aromatic N) is 2. The number of benzene rings is 1. The molecule has 1 fully saturated rings.